The van der Waals surface area contributed by atoms with Crippen LogP contribution in [-0.2, 0) is 4.79 Å². The zero-order valence-electron chi connectivity index (χ0n) is 13.1. The number of hydrogen-bond donors (Lipinski definition) is 3. The highest BCUT2D eigenvalue weighted by molar-refractivity contribution is 6.06. The molecule has 2 rings (SSSR count). The molecule has 6 heteroatoms. The molecule has 0 radical (unpaired) electrons. The summed E-state index contributed by atoms with van der Waals surface area (Å²) < 4.78 is 0. The van der Waals surface area contributed by atoms with Crippen LogP contribution in [0.5, 0.6) is 0 Å². The van der Waals surface area contributed by atoms with Crippen molar-refractivity contribution >= 4 is 11.7 Å². The van der Waals surface area contributed by atoms with E-state index in [1.54, 1.807) is 0 Å². The summed E-state index contributed by atoms with van der Waals surface area (Å²) in [6, 6.07) is 0.649. The summed E-state index contributed by atoms with van der Waals surface area (Å²) >= 11 is 0. The minimum Gasteiger partial charge on any atom is -0.409 e. The fourth-order valence-electron chi connectivity index (χ4n) is 3.72. The number of hydrogen-bond acceptors (Lipinski definition) is 4. The van der Waals surface area contributed by atoms with Crippen molar-refractivity contribution in [2.75, 3.05) is 0 Å². The van der Waals surface area contributed by atoms with E-state index in [2.05, 4.69) is 24.4 Å². The second-order valence-corrected chi connectivity index (χ2v) is 6.61. The highest BCUT2D eigenvalue weighted by Crippen LogP contribution is 2.37. The maximum absolute atomic E-state index is 12.9. The number of oxime groups is 1. The highest BCUT2D eigenvalue weighted by atomic mass is 16.4. The van der Waals surface area contributed by atoms with Crippen LogP contribution < -0.4 is 11.2 Å². The van der Waals surface area contributed by atoms with Gasteiger partial charge in [0.05, 0.1) is 0 Å². The maximum Gasteiger partial charge on any atom is 0.248 e. The van der Waals surface area contributed by atoms with Gasteiger partial charge in [0, 0.05) is 12.1 Å². The second kappa shape index (κ2) is 6.64. The first kappa shape index (κ1) is 16.1. The van der Waals surface area contributed by atoms with Crippen LogP contribution in [0.4, 0.5) is 0 Å². The second-order valence-electron chi connectivity index (χ2n) is 6.61. The Kier molecular flexibility index (Phi) is 5.08. The molecule has 4 N–H and O–H groups in total. The SMILES string of the molecule is CC1CCCC(C)N1NC(=O)C1(C(N)=NO)CCCCC1. The van der Waals surface area contributed by atoms with E-state index in [4.69, 9.17) is 10.9 Å². The Balaban J connectivity index is 2.15. The lowest BCUT2D eigenvalue weighted by atomic mass is 9.72. The number of nitrogens with zero attached hydrogens (tertiary/aromatic N) is 2. The summed E-state index contributed by atoms with van der Waals surface area (Å²) in [6.07, 6.45) is 7.66. The summed E-state index contributed by atoms with van der Waals surface area (Å²) in [5.41, 5.74) is 8.10. The third kappa shape index (κ3) is 3.15. The van der Waals surface area contributed by atoms with Gasteiger partial charge in [0.2, 0.25) is 5.91 Å². The van der Waals surface area contributed by atoms with Crippen molar-refractivity contribution in [1.29, 1.82) is 0 Å². The zero-order chi connectivity index (χ0) is 15.5. The molecule has 1 saturated carbocycles. The number of amidine groups is 1. The molecule has 2 aliphatic rings. The van der Waals surface area contributed by atoms with Gasteiger partial charge in [0.15, 0.2) is 5.84 Å². The molecule has 120 valence electrons. The third-order valence-corrected chi connectivity index (χ3v) is 5.16. The van der Waals surface area contributed by atoms with Crippen molar-refractivity contribution in [1.82, 2.24) is 10.4 Å². The van der Waals surface area contributed by atoms with E-state index in [-0.39, 0.29) is 11.7 Å². The zero-order valence-corrected chi connectivity index (χ0v) is 13.1. The number of nitrogens with two attached hydrogens (primary N) is 1. The molecule has 2 fully saturated rings. The first-order valence-electron chi connectivity index (χ1n) is 8.08. The lowest BCUT2D eigenvalue weighted by Crippen LogP contribution is -2.60. The molecule has 6 nitrogen and oxygen atoms in total. The van der Waals surface area contributed by atoms with Gasteiger partial charge in [-0.2, -0.15) is 0 Å². The Morgan fingerprint density at radius 2 is 1.76 bits per heavy atom. The monoisotopic (exact) mass is 296 g/mol. The molecule has 1 amide bonds. The van der Waals surface area contributed by atoms with Crippen LogP contribution in [0.1, 0.15) is 65.2 Å². The van der Waals surface area contributed by atoms with E-state index in [1.165, 1.54) is 6.42 Å². The number of hydrazine groups is 1. The molecule has 0 aromatic carbocycles. The van der Waals surface area contributed by atoms with E-state index >= 15 is 0 Å². The predicted octanol–water partition coefficient (Wildman–Crippen LogP) is 1.98. The normalized spacial score (nSPS) is 30.9. The molecule has 1 saturated heterocycles. The molecule has 0 aromatic heterocycles. The Bertz CT molecular complexity index is 394. The Morgan fingerprint density at radius 3 is 2.29 bits per heavy atom. The predicted molar refractivity (Wildman–Crippen MR) is 81.7 cm³/mol. The number of piperidine rings is 1. The molecular weight excluding hydrogens is 268 g/mol. The van der Waals surface area contributed by atoms with Crippen LogP contribution in [0, 0.1) is 5.41 Å². The first-order valence-corrected chi connectivity index (χ1v) is 8.08. The van der Waals surface area contributed by atoms with Crippen molar-refractivity contribution in [3.8, 4) is 0 Å². The third-order valence-electron chi connectivity index (χ3n) is 5.16. The van der Waals surface area contributed by atoms with Gasteiger partial charge in [0.25, 0.3) is 0 Å². The maximum atomic E-state index is 12.9. The Morgan fingerprint density at radius 1 is 1.19 bits per heavy atom. The summed E-state index contributed by atoms with van der Waals surface area (Å²) in [4.78, 5) is 12.9. The van der Waals surface area contributed by atoms with Gasteiger partial charge in [-0.1, -0.05) is 30.8 Å². The van der Waals surface area contributed by atoms with E-state index in [0.717, 1.165) is 32.1 Å². The average Bonchev–Trinajstić information content (AvgIpc) is 2.50. The number of amides is 1. The fraction of sp³-hybridized carbons (Fsp3) is 0.867. The summed E-state index contributed by atoms with van der Waals surface area (Å²) in [7, 11) is 0. The summed E-state index contributed by atoms with van der Waals surface area (Å²) in [5, 5.41) is 14.3. The summed E-state index contributed by atoms with van der Waals surface area (Å²) in [6.45, 7) is 4.26. The Labute approximate surface area is 126 Å². The van der Waals surface area contributed by atoms with Crippen LogP contribution in [0.15, 0.2) is 5.16 Å². The van der Waals surface area contributed by atoms with E-state index < -0.39 is 5.41 Å². The fourth-order valence-corrected chi connectivity index (χ4v) is 3.72. The molecule has 0 aromatic rings. The minimum atomic E-state index is -0.843. The van der Waals surface area contributed by atoms with Crippen LogP contribution in [-0.4, -0.2) is 34.0 Å². The van der Waals surface area contributed by atoms with Crippen LogP contribution >= 0.6 is 0 Å². The quantitative estimate of drug-likeness (QED) is 0.321. The molecule has 1 heterocycles. The van der Waals surface area contributed by atoms with E-state index in [0.29, 0.717) is 24.9 Å². The van der Waals surface area contributed by atoms with E-state index in [9.17, 15) is 4.79 Å². The lowest BCUT2D eigenvalue weighted by Gasteiger charge is -2.42. The minimum absolute atomic E-state index is 0.0528. The van der Waals surface area contributed by atoms with E-state index in [1.807, 2.05) is 5.01 Å². The standard InChI is InChI=1S/C15H28N4O2/c1-11-7-6-8-12(2)19(11)17-14(20)15(13(16)18-21)9-4-3-5-10-15/h11-12,21H,3-10H2,1-2H3,(H2,16,18)(H,17,20). The van der Waals surface area contributed by atoms with Gasteiger partial charge in [-0.15, -0.1) is 0 Å². The van der Waals surface area contributed by atoms with Crippen LogP contribution in [0.25, 0.3) is 0 Å². The van der Waals surface area contributed by atoms with Gasteiger partial charge in [-0.25, -0.2) is 5.01 Å². The molecule has 0 bridgehead atoms. The average molecular weight is 296 g/mol. The van der Waals surface area contributed by atoms with Gasteiger partial charge >= 0.3 is 0 Å². The van der Waals surface area contributed by atoms with Crippen molar-refractivity contribution < 1.29 is 10.0 Å². The number of carbonyl (C=O) groups is 1. The highest BCUT2D eigenvalue weighted by Gasteiger charge is 2.45. The van der Waals surface area contributed by atoms with Crippen LogP contribution in [0.2, 0.25) is 0 Å². The topological polar surface area (TPSA) is 91.0 Å². The number of carbonyl (C=O) groups excluding carboxylic acids is 1. The van der Waals surface area contributed by atoms with Gasteiger partial charge in [0.1, 0.15) is 5.41 Å². The molecule has 0 spiro atoms. The molecule has 1 aliphatic heterocycles. The van der Waals surface area contributed by atoms with Crippen molar-refractivity contribution in [2.45, 2.75) is 77.3 Å². The summed E-state index contributed by atoms with van der Waals surface area (Å²) in [5.74, 6) is -0.0601. The smallest absolute Gasteiger partial charge is 0.248 e. The van der Waals surface area contributed by atoms with Crippen LogP contribution in [0.3, 0.4) is 0 Å². The first-order chi connectivity index (χ1) is 10.0. The molecular formula is C15H28N4O2. The molecule has 2 atom stereocenters. The molecule has 21 heavy (non-hydrogen) atoms. The van der Waals surface area contributed by atoms with Crippen molar-refractivity contribution in [2.24, 2.45) is 16.3 Å². The molecule has 2 unspecified atom stereocenters. The van der Waals surface area contributed by atoms with Crippen molar-refractivity contribution in [3.05, 3.63) is 0 Å². The Hall–Kier alpha value is -1.30. The lowest BCUT2D eigenvalue weighted by molar-refractivity contribution is -0.137. The van der Waals surface area contributed by atoms with Gasteiger partial charge in [-0.05, 0) is 39.5 Å². The van der Waals surface area contributed by atoms with Crippen molar-refractivity contribution in [3.63, 3.8) is 0 Å². The number of rotatable bonds is 3. The van der Waals surface area contributed by atoms with Gasteiger partial charge < -0.3 is 10.9 Å². The largest absolute Gasteiger partial charge is 0.409 e. The van der Waals surface area contributed by atoms with Gasteiger partial charge in [-0.3, -0.25) is 10.2 Å². The number of nitrogens with one attached hydrogen (secondary N) is 1. The molecule has 1 aliphatic carbocycles.